The summed E-state index contributed by atoms with van der Waals surface area (Å²) in [6.45, 7) is 0.902. The van der Waals surface area contributed by atoms with Crippen LogP contribution in [-0.2, 0) is 25.6 Å². The fourth-order valence-corrected chi connectivity index (χ4v) is 4.99. The molecule has 2 amide bonds. The highest BCUT2D eigenvalue weighted by atomic mass is 32.2. The van der Waals surface area contributed by atoms with Crippen LogP contribution in [0.15, 0.2) is 54.6 Å². The van der Waals surface area contributed by atoms with Gasteiger partial charge in [0.05, 0.1) is 22.8 Å². The number of likely N-dealkylation sites (tertiary alicyclic amines) is 1. The first-order valence-corrected chi connectivity index (χ1v) is 11.8. The highest BCUT2D eigenvalue weighted by Gasteiger charge is 2.41. The zero-order valence-corrected chi connectivity index (χ0v) is 19.8. The lowest BCUT2D eigenvalue weighted by Crippen LogP contribution is -2.47. The van der Waals surface area contributed by atoms with Crippen LogP contribution in [-0.4, -0.2) is 55.7 Å². The molecule has 1 aliphatic heterocycles. The van der Waals surface area contributed by atoms with Crippen LogP contribution in [0.4, 0.5) is 5.69 Å². The summed E-state index contributed by atoms with van der Waals surface area (Å²) in [5.74, 6) is -2.19. The number of nitrogens with one attached hydrogen (secondary N) is 1. The van der Waals surface area contributed by atoms with E-state index >= 15 is 0 Å². The molecule has 0 aliphatic carbocycles. The van der Waals surface area contributed by atoms with E-state index in [9.17, 15) is 34.4 Å². The molecule has 2 unspecified atom stereocenters. The summed E-state index contributed by atoms with van der Waals surface area (Å²) in [4.78, 5) is 61.0. The molecule has 0 spiro atoms. The number of carbonyl (C=O) groups excluding carboxylic acids is 3. The lowest BCUT2D eigenvalue weighted by Gasteiger charge is -2.29. The molecule has 0 saturated carbocycles. The quantitative estimate of drug-likeness (QED) is 0.395. The first-order valence-electron chi connectivity index (χ1n) is 10.9. The van der Waals surface area contributed by atoms with Crippen molar-refractivity contribution in [3.05, 3.63) is 75.8 Å². The molecule has 10 nitrogen and oxygen atoms in total. The molecular weight excluding hydrogens is 474 g/mol. The second kappa shape index (κ2) is 11.6. The van der Waals surface area contributed by atoms with Crippen molar-refractivity contribution < 1.29 is 29.2 Å². The minimum Gasteiger partial charge on any atom is -0.480 e. The molecule has 3 rings (SSSR count). The molecule has 1 aliphatic rings. The number of hydrogen-bond donors (Lipinski definition) is 2. The Morgan fingerprint density at radius 3 is 2.34 bits per heavy atom. The summed E-state index contributed by atoms with van der Waals surface area (Å²) in [6.07, 6.45) is 0.914. The molecule has 11 heteroatoms. The van der Waals surface area contributed by atoms with Crippen molar-refractivity contribution in [1.82, 2.24) is 10.2 Å². The fourth-order valence-electron chi connectivity index (χ4n) is 4.13. The number of hydrogen-bond acceptors (Lipinski definition) is 7. The number of benzene rings is 2. The number of thioether (sulfide) groups is 1. The van der Waals surface area contributed by atoms with Gasteiger partial charge in [0.2, 0.25) is 11.8 Å². The van der Waals surface area contributed by atoms with E-state index in [1.165, 1.54) is 36.1 Å². The van der Waals surface area contributed by atoms with E-state index in [0.29, 0.717) is 18.4 Å². The van der Waals surface area contributed by atoms with Gasteiger partial charge in [-0.05, 0) is 30.4 Å². The van der Waals surface area contributed by atoms with Gasteiger partial charge in [0.15, 0.2) is 5.12 Å². The molecule has 1 heterocycles. The highest BCUT2D eigenvalue weighted by molar-refractivity contribution is 8.14. The molecule has 0 aromatic heterocycles. The standard InChI is InChI=1S/C24H25N3O7S/c1-15(28)35-21(13-16-7-9-18(10-8-16)27(33)34)23(30)25-14-22(29)26-19(11-12-20(26)24(31)32)17-5-3-2-4-6-17/h2-10,19-21H,11-14H2,1H3,(H,25,30)(H,31,32)/t19?,20-,21?/m0/s1. The number of nitro groups is 1. The maximum Gasteiger partial charge on any atom is 0.326 e. The Hall–Kier alpha value is -3.73. The van der Waals surface area contributed by atoms with Crippen molar-refractivity contribution in [1.29, 1.82) is 0 Å². The second-order valence-corrected chi connectivity index (χ2v) is 9.48. The average molecular weight is 500 g/mol. The van der Waals surface area contributed by atoms with Crippen LogP contribution < -0.4 is 5.32 Å². The van der Waals surface area contributed by atoms with Crippen LogP contribution >= 0.6 is 11.8 Å². The number of nitrogens with zero attached hydrogens (tertiary/aromatic N) is 2. The summed E-state index contributed by atoms with van der Waals surface area (Å²) >= 11 is 0.796. The van der Waals surface area contributed by atoms with Crippen molar-refractivity contribution >= 4 is 40.3 Å². The molecule has 1 saturated heterocycles. The van der Waals surface area contributed by atoms with Crippen molar-refractivity contribution in [2.75, 3.05) is 6.54 Å². The SMILES string of the molecule is CC(=O)SC(Cc1ccc([N+](=O)[O-])cc1)C(=O)NCC(=O)N1C(c2ccccc2)CC[C@H]1C(=O)O. The minimum atomic E-state index is -1.11. The first-order chi connectivity index (χ1) is 16.7. The van der Waals surface area contributed by atoms with Gasteiger partial charge in [-0.2, -0.15) is 0 Å². The molecule has 2 aromatic rings. The topological polar surface area (TPSA) is 147 Å². The normalized spacial score (nSPS) is 18.0. The van der Waals surface area contributed by atoms with Crippen LogP contribution in [0, 0.1) is 10.1 Å². The number of non-ortho nitro benzene ring substituents is 1. The number of nitro benzene ring substituents is 1. The van der Waals surface area contributed by atoms with E-state index in [4.69, 9.17) is 0 Å². The van der Waals surface area contributed by atoms with Gasteiger partial charge in [-0.25, -0.2) is 4.79 Å². The highest BCUT2D eigenvalue weighted by Crippen LogP contribution is 2.36. The Bertz CT molecular complexity index is 1110. The van der Waals surface area contributed by atoms with E-state index in [0.717, 1.165) is 17.3 Å². The van der Waals surface area contributed by atoms with Gasteiger partial charge in [-0.15, -0.1) is 0 Å². The maximum atomic E-state index is 13.1. The number of carbonyl (C=O) groups is 4. The molecule has 35 heavy (non-hydrogen) atoms. The third-order valence-electron chi connectivity index (χ3n) is 5.73. The lowest BCUT2D eigenvalue weighted by molar-refractivity contribution is -0.384. The van der Waals surface area contributed by atoms with Gasteiger partial charge in [0.1, 0.15) is 6.04 Å². The summed E-state index contributed by atoms with van der Waals surface area (Å²) < 4.78 is 0. The van der Waals surface area contributed by atoms with Gasteiger partial charge in [0, 0.05) is 19.1 Å². The largest absolute Gasteiger partial charge is 0.480 e. The smallest absolute Gasteiger partial charge is 0.326 e. The fraction of sp³-hybridized carbons (Fsp3) is 0.333. The van der Waals surface area contributed by atoms with E-state index < -0.39 is 46.6 Å². The predicted octanol–water partition coefficient (Wildman–Crippen LogP) is 2.72. The number of carboxylic acids is 1. The predicted molar refractivity (Wildman–Crippen MR) is 129 cm³/mol. The zero-order chi connectivity index (χ0) is 25.5. The molecule has 2 aromatic carbocycles. The van der Waals surface area contributed by atoms with Gasteiger partial charge in [-0.3, -0.25) is 24.5 Å². The third kappa shape index (κ3) is 6.66. The van der Waals surface area contributed by atoms with E-state index in [2.05, 4.69) is 5.32 Å². The van der Waals surface area contributed by atoms with Crippen molar-refractivity contribution in [2.24, 2.45) is 0 Å². The zero-order valence-electron chi connectivity index (χ0n) is 19.0. The summed E-state index contributed by atoms with van der Waals surface area (Å²) in [7, 11) is 0. The molecule has 3 atom stereocenters. The molecule has 1 fully saturated rings. The molecule has 2 N–H and O–H groups in total. The number of aliphatic carboxylic acids is 1. The van der Waals surface area contributed by atoms with Gasteiger partial charge < -0.3 is 15.3 Å². The lowest BCUT2D eigenvalue weighted by atomic mass is 10.0. The van der Waals surface area contributed by atoms with E-state index in [1.54, 1.807) is 0 Å². The Labute approximate surface area is 205 Å². The Morgan fingerprint density at radius 1 is 1.11 bits per heavy atom. The van der Waals surface area contributed by atoms with Crippen LogP contribution in [0.1, 0.15) is 36.9 Å². The van der Waals surface area contributed by atoms with Crippen molar-refractivity contribution in [3.63, 3.8) is 0 Å². The van der Waals surface area contributed by atoms with Crippen molar-refractivity contribution in [3.8, 4) is 0 Å². The van der Waals surface area contributed by atoms with Crippen LogP contribution in [0.3, 0.4) is 0 Å². The van der Waals surface area contributed by atoms with E-state index in [1.807, 2.05) is 30.3 Å². The average Bonchev–Trinajstić information content (AvgIpc) is 3.28. The Balaban J connectivity index is 1.70. The third-order valence-corrected chi connectivity index (χ3v) is 6.72. The molecule has 0 radical (unpaired) electrons. The molecule has 0 bridgehead atoms. The summed E-state index contributed by atoms with van der Waals surface area (Å²) in [6, 6.07) is 13.4. The van der Waals surface area contributed by atoms with Crippen molar-refractivity contribution in [2.45, 2.75) is 43.5 Å². The monoisotopic (exact) mass is 499 g/mol. The van der Waals surface area contributed by atoms with Gasteiger partial charge >= 0.3 is 5.97 Å². The number of rotatable bonds is 9. The molecule has 184 valence electrons. The van der Waals surface area contributed by atoms with Crippen LogP contribution in [0.5, 0.6) is 0 Å². The second-order valence-electron chi connectivity index (χ2n) is 8.10. The number of amides is 2. The summed E-state index contributed by atoms with van der Waals surface area (Å²) in [5, 5.41) is 21.8. The van der Waals surface area contributed by atoms with Gasteiger partial charge in [-0.1, -0.05) is 54.2 Å². The van der Waals surface area contributed by atoms with Crippen LogP contribution in [0.25, 0.3) is 0 Å². The first kappa shape index (κ1) is 25.9. The minimum absolute atomic E-state index is 0.0915. The van der Waals surface area contributed by atoms with Gasteiger partial charge in [0.25, 0.3) is 5.69 Å². The number of carboxylic acid groups (broad SMARTS) is 1. The van der Waals surface area contributed by atoms with E-state index in [-0.39, 0.29) is 17.2 Å². The Kier molecular flexibility index (Phi) is 8.58. The van der Waals surface area contributed by atoms with Crippen LogP contribution in [0.2, 0.25) is 0 Å². The molecular formula is C24H25N3O7S. The summed E-state index contributed by atoms with van der Waals surface area (Å²) in [5.41, 5.74) is 1.34. The maximum absolute atomic E-state index is 13.1. The Morgan fingerprint density at radius 2 is 1.77 bits per heavy atom.